The van der Waals surface area contributed by atoms with Crippen molar-refractivity contribution in [3.63, 3.8) is 0 Å². The molecule has 48 heavy (non-hydrogen) atoms. The van der Waals surface area contributed by atoms with Crippen LogP contribution in [0.1, 0.15) is 66.7 Å². The predicted octanol–water partition coefficient (Wildman–Crippen LogP) is 8.91. The Morgan fingerprint density at radius 1 is 0.792 bits per heavy atom. The lowest BCUT2D eigenvalue weighted by Gasteiger charge is -2.36. The van der Waals surface area contributed by atoms with E-state index in [1.54, 1.807) is 26.8 Å². The van der Waals surface area contributed by atoms with Crippen molar-refractivity contribution in [2.75, 3.05) is 13.7 Å². The molecule has 3 aromatic carbocycles. The summed E-state index contributed by atoms with van der Waals surface area (Å²) in [7, 11) is 1.33. The molecule has 0 fully saturated rings. The second-order valence-electron chi connectivity index (χ2n) is 11.5. The lowest BCUT2D eigenvalue weighted by atomic mass is 9.93. The van der Waals surface area contributed by atoms with Gasteiger partial charge in [0, 0.05) is 24.2 Å². The van der Waals surface area contributed by atoms with Gasteiger partial charge in [0.1, 0.15) is 11.5 Å². The number of nitrogens with zero attached hydrogens (tertiary/aromatic N) is 1. The van der Waals surface area contributed by atoms with Crippen LogP contribution in [0.3, 0.4) is 0 Å². The molecule has 2 atom stereocenters. The molecular formula is C33H34F9NO5. The summed E-state index contributed by atoms with van der Waals surface area (Å²) in [6.07, 6.45) is -17.4. The molecule has 3 rings (SSSR count). The van der Waals surface area contributed by atoms with Crippen molar-refractivity contribution in [1.29, 1.82) is 0 Å². The number of carbonyl (C=O) groups is 1. The SMILES string of the molecule is COc1cc(C)c(OCCC(=O)O)cc1-c1ccc(C(F)(F)F)cc1CN(C(C)C)[C@@H](C)[C@H](O)c1cc(C(F)(F)F)cc(C(F)(F)F)c1. The van der Waals surface area contributed by atoms with Gasteiger partial charge in [0.25, 0.3) is 0 Å². The number of hydrogen-bond donors (Lipinski definition) is 2. The number of aliphatic hydroxyl groups excluding tert-OH is 1. The van der Waals surface area contributed by atoms with E-state index in [9.17, 15) is 49.4 Å². The van der Waals surface area contributed by atoms with Crippen LogP contribution >= 0.6 is 0 Å². The highest BCUT2D eigenvalue weighted by molar-refractivity contribution is 5.76. The van der Waals surface area contributed by atoms with Gasteiger partial charge in [-0.3, -0.25) is 9.69 Å². The topological polar surface area (TPSA) is 79.2 Å². The van der Waals surface area contributed by atoms with Crippen molar-refractivity contribution in [3.8, 4) is 22.6 Å². The fourth-order valence-corrected chi connectivity index (χ4v) is 5.21. The normalized spacial score (nSPS) is 13.9. The molecule has 6 nitrogen and oxygen atoms in total. The highest BCUT2D eigenvalue weighted by atomic mass is 19.4. The van der Waals surface area contributed by atoms with Gasteiger partial charge in [-0.2, -0.15) is 39.5 Å². The number of aryl methyl sites for hydroxylation is 1. The Hall–Kier alpha value is -3.98. The number of carboxylic acid groups (broad SMARTS) is 1. The largest absolute Gasteiger partial charge is 0.496 e. The number of methoxy groups -OCH3 is 1. The molecule has 0 aliphatic heterocycles. The Labute approximate surface area is 270 Å². The number of hydrogen-bond acceptors (Lipinski definition) is 5. The Kier molecular flexibility index (Phi) is 11.7. The van der Waals surface area contributed by atoms with Crippen LogP contribution in [0.25, 0.3) is 11.1 Å². The zero-order valence-electron chi connectivity index (χ0n) is 26.4. The van der Waals surface area contributed by atoms with Crippen molar-refractivity contribution in [1.82, 2.24) is 4.90 Å². The van der Waals surface area contributed by atoms with Gasteiger partial charge in [-0.25, -0.2) is 0 Å². The van der Waals surface area contributed by atoms with Crippen LogP contribution in [-0.2, 0) is 29.9 Å². The minimum atomic E-state index is -5.16. The van der Waals surface area contributed by atoms with Crippen molar-refractivity contribution in [3.05, 3.63) is 81.9 Å². The van der Waals surface area contributed by atoms with E-state index in [4.69, 9.17) is 14.6 Å². The molecule has 0 aliphatic rings. The third kappa shape index (κ3) is 9.34. The first-order valence-corrected chi connectivity index (χ1v) is 14.5. The van der Waals surface area contributed by atoms with Crippen LogP contribution < -0.4 is 9.47 Å². The average Bonchev–Trinajstić information content (AvgIpc) is 2.97. The molecule has 0 aromatic heterocycles. The minimum Gasteiger partial charge on any atom is -0.496 e. The minimum absolute atomic E-state index is 0.0382. The van der Waals surface area contributed by atoms with Crippen molar-refractivity contribution >= 4 is 5.97 Å². The summed E-state index contributed by atoms with van der Waals surface area (Å²) < 4.78 is 134. The molecule has 0 radical (unpaired) electrons. The molecule has 15 heteroatoms. The van der Waals surface area contributed by atoms with Crippen LogP contribution in [0, 0.1) is 6.92 Å². The van der Waals surface area contributed by atoms with Crippen molar-refractivity contribution in [2.45, 2.75) is 77.4 Å². The van der Waals surface area contributed by atoms with E-state index >= 15 is 0 Å². The van der Waals surface area contributed by atoms with E-state index in [1.165, 1.54) is 31.1 Å². The van der Waals surface area contributed by atoms with Gasteiger partial charge in [-0.15, -0.1) is 0 Å². The van der Waals surface area contributed by atoms with Crippen LogP contribution in [-0.4, -0.2) is 46.9 Å². The lowest BCUT2D eigenvalue weighted by Crippen LogP contribution is -2.42. The van der Waals surface area contributed by atoms with Gasteiger partial charge in [0.2, 0.25) is 0 Å². The van der Waals surface area contributed by atoms with E-state index in [2.05, 4.69) is 0 Å². The molecule has 0 aliphatic carbocycles. The number of alkyl halides is 9. The first kappa shape index (κ1) is 38.5. The van der Waals surface area contributed by atoms with Crippen LogP contribution in [0.4, 0.5) is 39.5 Å². The van der Waals surface area contributed by atoms with E-state index in [-0.39, 0.29) is 53.8 Å². The third-order valence-electron chi connectivity index (χ3n) is 7.74. The monoisotopic (exact) mass is 695 g/mol. The summed E-state index contributed by atoms with van der Waals surface area (Å²) in [6, 6.07) is 4.88. The highest BCUT2D eigenvalue weighted by Crippen LogP contribution is 2.42. The molecule has 264 valence electrons. The Morgan fingerprint density at radius 3 is 1.83 bits per heavy atom. The molecule has 0 saturated heterocycles. The maximum atomic E-state index is 13.9. The second kappa shape index (κ2) is 14.6. The summed E-state index contributed by atoms with van der Waals surface area (Å²) in [5, 5.41) is 20.1. The van der Waals surface area contributed by atoms with E-state index in [0.717, 1.165) is 12.1 Å². The first-order chi connectivity index (χ1) is 22.0. The molecule has 0 amide bonds. The summed E-state index contributed by atoms with van der Waals surface area (Å²) in [5.41, 5.74) is -3.90. The number of aliphatic carboxylic acids is 1. The third-order valence-corrected chi connectivity index (χ3v) is 7.74. The molecule has 0 heterocycles. The quantitative estimate of drug-likeness (QED) is 0.184. The number of ether oxygens (including phenoxy) is 2. The smallest absolute Gasteiger partial charge is 0.416 e. The number of aliphatic hydroxyl groups is 1. The van der Waals surface area contributed by atoms with Gasteiger partial charge in [0.05, 0.1) is 42.9 Å². The summed E-state index contributed by atoms with van der Waals surface area (Å²) in [5.74, 6) is -0.657. The van der Waals surface area contributed by atoms with Crippen LogP contribution in [0.15, 0.2) is 48.5 Å². The Balaban J connectivity index is 2.16. The van der Waals surface area contributed by atoms with Crippen LogP contribution in [0.2, 0.25) is 0 Å². The predicted molar refractivity (Wildman–Crippen MR) is 157 cm³/mol. The number of carboxylic acids is 1. The Bertz CT molecular complexity index is 1570. The molecule has 0 unspecified atom stereocenters. The first-order valence-electron chi connectivity index (χ1n) is 14.5. The second-order valence-corrected chi connectivity index (χ2v) is 11.5. The molecule has 0 bridgehead atoms. The molecular weight excluding hydrogens is 661 g/mol. The van der Waals surface area contributed by atoms with Gasteiger partial charge >= 0.3 is 24.5 Å². The summed E-state index contributed by atoms with van der Waals surface area (Å²) >= 11 is 0. The maximum Gasteiger partial charge on any atom is 0.416 e. The van der Waals surface area contributed by atoms with E-state index in [0.29, 0.717) is 17.7 Å². The number of benzene rings is 3. The molecule has 0 spiro atoms. The lowest BCUT2D eigenvalue weighted by molar-refractivity contribution is -0.143. The zero-order chi connectivity index (χ0) is 36.4. The number of halogens is 9. The number of rotatable bonds is 12. The average molecular weight is 696 g/mol. The van der Waals surface area contributed by atoms with Gasteiger partial charge in [0.15, 0.2) is 0 Å². The summed E-state index contributed by atoms with van der Waals surface area (Å²) in [6.45, 7) is 5.65. The standard InChI is InChI=1S/C33H34F9NO5/c1-17(2)43(19(4)30(46)20-11-23(32(37,38)39)14-24(12-20)33(40,41)42)16-21-13-22(31(34,35)36)6-7-25(21)26-15-27(48-9-8-29(44)45)18(3)10-28(26)47-5/h6-7,10-15,17,19,30,46H,8-9,16H2,1-5H3,(H,44,45)/t19-,30-/m0/s1. The Morgan fingerprint density at radius 2 is 1.35 bits per heavy atom. The fraction of sp³-hybridized carbons (Fsp3) is 0.424. The van der Waals surface area contributed by atoms with Crippen molar-refractivity contribution in [2.24, 2.45) is 0 Å². The maximum absolute atomic E-state index is 13.9. The van der Waals surface area contributed by atoms with Crippen LogP contribution in [0.5, 0.6) is 11.5 Å². The molecule has 3 aromatic rings. The zero-order valence-corrected chi connectivity index (χ0v) is 26.4. The highest BCUT2D eigenvalue weighted by Gasteiger charge is 2.39. The van der Waals surface area contributed by atoms with Gasteiger partial charge in [-0.1, -0.05) is 6.07 Å². The van der Waals surface area contributed by atoms with Crippen molar-refractivity contribution < 1.29 is 64.0 Å². The van der Waals surface area contributed by atoms with E-state index < -0.39 is 64.9 Å². The van der Waals surface area contributed by atoms with E-state index in [1.807, 2.05) is 0 Å². The van der Waals surface area contributed by atoms with Gasteiger partial charge in [-0.05, 0) is 92.4 Å². The fourth-order valence-electron chi connectivity index (χ4n) is 5.21. The molecule has 2 N–H and O–H groups in total. The van der Waals surface area contributed by atoms with Gasteiger partial charge < -0.3 is 19.7 Å². The summed E-state index contributed by atoms with van der Waals surface area (Å²) in [4.78, 5) is 12.4. The molecule has 0 saturated carbocycles.